The van der Waals surface area contributed by atoms with Crippen LogP contribution in [0.3, 0.4) is 0 Å². The zero-order chi connectivity index (χ0) is 13.1. The van der Waals surface area contributed by atoms with Gasteiger partial charge in [0.25, 0.3) is 0 Å². The lowest BCUT2D eigenvalue weighted by molar-refractivity contribution is -0.142. The van der Waals surface area contributed by atoms with Crippen LogP contribution in [0.25, 0.3) is 0 Å². The molecule has 19 heavy (non-hydrogen) atoms. The molecule has 2 heteroatoms. The van der Waals surface area contributed by atoms with Gasteiger partial charge in [0.2, 0.25) is 0 Å². The Kier molecular flexibility index (Phi) is 3.90. The minimum atomic E-state index is 0.0868. The Bertz CT molecular complexity index is 395. The van der Waals surface area contributed by atoms with Gasteiger partial charge in [-0.2, -0.15) is 0 Å². The Labute approximate surface area is 116 Å². The van der Waals surface area contributed by atoms with Gasteiger partial charge in [-0.3, -0.25) is 0 Å². The van der Waals surface area contributed by atoms with Gasteiger partial charge in [0.05, 0.1) is 11.7 Å². The van der Waals surface area contributed by atoms with Gasteiger partial charge in [-0.05, 0) is 25.3 Å². The largest absolute Gasteiger partial charge is 0.364 e. The molecule has 1 heterocycles. The Morgan fingerprint density at radius 1 is 1.05 bits per heavy atom. The molecule has 1 spiro atoms. The summed E-state index contributed by atoms with van der Waals surface area (Å²) in [7, 11) is 0. The first-order chi connectivity index (χ1) is 9.29. The van der Waals surface area contributed by atoms with Gasteiger partial charge in [-0.25, -0.2) is 0 Å². The van der Waals surface area contributed by atoms with Crippen LogP contribution in [0.5, 0.6) is 0 Å². The summed E-state index contributed by atoms with van der Waals surface area (Å²) in [5.41, 5.74) is 1.40. The number of ether oxygens (including phenoxy) is 1. The van der Waals surface area contributed by atoms with Gasteiger partial charge in [0, 0.05) is 12.6 Å². The highest BCUT2D eigenvalue weighted by Gasteiger charge is 2.40. The third-order valence-electron chi connectivity index (χ3n) is 4.72. The van der Waals surface area contributed by atoms with Gasteiger partial charge in [-0.15, -0.1) is 0 Å². The van der Waals surface area contributed by atoms with Crippen LogP contribution >= 0.6 is 0 Å². The van der Waals surface area contributed by atoms with Crippen LogP contribution in [0.1, 0.15) is 57.1 Å². The first kappa shape index (κ1) is 13.1. The van der Waals surface area contributed by atoms with Crippen LogP contribution in [-0.2, 0) is 4.74 Å². The number of nitrogens with one attached hydrogen (secondary N) is 1. The molecule has 3 rings (SSSR count). The second-order valence-corrected chi connectivity index (χ2v) is 6.22. The molecular weight excluding hydrogens is 234 g/mol. The number of hydrogen-bond acceptors (Lipinski definition) is 2. The molecular formula is C17H25NO. The molecule has 2 atom stereocenters. The molecule has 1 aliphatic carbocycles. The molecule has 1 saturated carbocycles. The molecule has 0 radical (unpaired) electrons. The third-order valence-corrected chi connectivity index (χ3v) is 4.72. The van der Waals surface area contributed by atoms with Gasteiger partial charge < -0.3 is 10.1 Å². The topological polar surface area (TPSA) is 21.3 Å². The van der Waals surface area contributed by atoms with Crippen LogP contribution in [0, 0.1) is 0 Å². The average Bonchev–Trinajstić information content (AvgIpc) is 2.69. The van der Waals surface area contributed by atoms with E-state index in [0.29, 0.717) is 6.04 Å². The molecule has 0 amide bonds. The predicted octanol–water partition coefficient (Wildman–Crippen LogP) is 3.83. The first-order valence-corrected chi connectivity index (χ1v) is 7.75. The van der Waals surface area contributed by atoms with Crippen molar-refractivity contribution >= 4 is 0 Å². The highest BCUT2D eigenvalue weighted by atomic mass is 16.5. The van der Waals surface area contributed by atoms with E-state index in [-0.39, 0.29) is 11.7 Å². The molecule has 1 aromatic carbocycles. The summed E-state index contributed by atoms with van der Waals surface area (Å²) in [5, 5.41) is 3.69. The molecule has 2 aliphatic rings. The van der Waals surface area contributed by atoms with Crippen LogP contribution in [0.4, 0.5) is 0 Å². The third kappa shape index (κ3) is 2.85. The van der Waals surface area contributed by atoms with E-state index in [4.69, 9.17) is 4.74 Å². The number of rotatable bonds is 1. The van der Waals surface area contributed by atoms with Crippen molar-refractivity contribution in [2.75, 3.05) is 6.54 Å². The molecule has 0 aromatic heterocycles. The summed E-state index contributed by atoms with van der Waals surface area (Å²) >= 11 is 0. The van der Waals surface area contributed by atoms with Gasteiger partial charge in [0.1, 0.15) is 0 Å². The van der Waals surface area contributed by atoms with Gasteiger partial charge in [0.15, 0.2) is 0 Å². The van der Waals surface area contributed by atoms with E-state index in [9.17, 15) is 0 Å². The van der Waals surface area contributed by atoms with E-state index >= 15 is 0 Å². The standard InChI is InChI=1S/C17H25NO/c1-14-16(15-9-5-4-6-10-15)19-17(13-18-14)11-7-2-3-8-12-17/h4-6,9-10,14,16,18H,2-3,7-8,11-13H2,1H3. The lowest BCUT2D eigenvalue weighted by atomic mass is 9.89. The quantitative estimate of drug-likeness (QED) is 0.827. The smallest absolute Gasteiger partial charge is 0.0983 e. The molecule has 2 nitrogen and oxygen atoms in total. The maximum atomic E-state index is 6.63. The summed E-state index contributed by atoms with van der Waals surface area (Å²) in [4.78, 5) is 0. The van der Waals surface area contributed by atoms with E-state index < -0.39 is 0 Å². The van der Waals surface area contributed by atoms with E-state index in [1.54, 1.807) is 0 Å². The van der Waals surface area contributed by atoms with E-state index in [1.165, 1.54) is 44.1 Å². The van der Waals surface area contributed by atoms with Crippen molar-refractivity contribution in [2.45, 2.75) is 63.2 Å². The molecule has 1 N–H and O–H groups in total. The van der Waals surface area contributed by atoms with E-state index in [0.717, 1.165) is 6.54 Å². The van der Waals surface area contributed by atoms with Crippen molar-refractivity contribution in [3.63, 3.8) is 0 Å². The summed E-state index contributed by atoms with van der Waals surface area (Å²) in [6.45, 7) is 3.26. The molecule has 104 valence electrons. The van der Waals surface area contributed by atoms with Crippen molar-refractivity contribution in [3.05, 3.63) is 35.9 Å². The zero-order valence-corrected chi connectivity index (χ0v) is 11.9. The second-order valence-electron chi connectivity index (χ2n) is 6.22. The van der Waals surface area contributed by atoms with E-state index in [2.05, 4.69) is 42.6 Å². The van der Waals surface area contributed by atoms with Crippen LogP contribution < -0.4 is 5.32 Å². The van der Waals surface area contributed by atoms with Crippen LogP contribution in [-0.4, -0.2) is 18.2 Å². The van der Waals surface area contributed by atoms with E-state index in [1.807, 2.05) is 0 Å². The summed E-state index contributed by atoms with van der Waals surface area (Å²) in [5.74, 6) is 0. The Morgan fingerprint density at radius 3 is 2.42 bits per heavy atom. The second kappa shape index (κ2) is 5.64. The summed E-state index contributed by atoms with van der Waals surface area (Å²) < 4.78 is 6.63. The Hall–Kier alpha value is -0.860. The minimum Gasteiger partial charge on any atom is -0.364 e. The van der Waals surface area contributed by atoms with Gasteiger partial charge >= 0.3 is 0 Å². The molecule has 1 aliphatic heterocycles. The predicted molar refractivity (Wildman–Crippen MR) is 78.2 cm³/mol. The van der Waals surface area contributed by atoms with Crippen LogP contribution in [0.15, 0.2) is 30.3 Å². The van der Waals surface area contributed by atoms with Crippen molar-refractivity contribution < 1.29 is 4.74 Å². The maximum Gasteiger partial charge on any atom is 0.0983 e. The molecule has 2 unspecified atom stereocenters. The zero-order valence-electron chi connectivity index (χ0n) is 11.9. The lowest BCUT2D eigenvalue weighted by Crippen LogP contribution is -2.54. The highest BCUT2D eigenvalue weighted by molar-refractivity contribution is 5.20. The number of benzene rings is 1. The average molecular weight is 259 g/mol. The fourth-order valence-electron chi connectivity index (χ4n) is 3.53. The lowest BCUT2D eigenvalue weighted by Gasteiger charge is -2.45. The molecule has 0 bridgehead atoms. The minimum absolute atomic E-state index is 0.0868. The van der Waals surface area contributed by atoms with Crippen molar-refractivity contribution in [2.24, 2.45) is 0 Å². The number of morpholine rings is 1. The normalized spacial score (nSPS) is 31.0. The monoisotopic (exact) mass is 259 g/mol. The van der Waals surface area contributed by atoms with Crippen molar-refractivity contribution in [1.82, 2.24) is 5.32 Å². The highest BCUT2D eigenvalue weighted by Crippen LogP contribution is 2.38. The molecule has 1 saturated heterocycles. The Balaban J connectivity index is 1.80. The number of hydrogen-bond donors (Lipinski definition) is 1. The summed E-state index contributed by atoms with van der Waals surface area (Å²) in [6, 6.07) is 11.1. The SMILES string of the molecule is CC1NCC2(CCCCCC2)OC1c1ccccc1. The fraction of sp³-hybridized carbons (Fsp3) is 0.647. The van der Waals surface area contributed by atoms with Gasteiger partial charge in [-0.1, -0.05) is 56.0 Å². The maximum absolute atomic E-state index is 6.63. The molecule has 1 aromatic rings. The van der Waals surface area contributed by atoms with Crippen molar-refractivity contribution in [1.29, 1.82) is 0 Å². The van der Waals surface area contributed by atoms with Crippen molar-refractivity contribution in [3.8, 4) is 0 Å². The summed E-state index contributed by atoms with van der Waals surface area (Å²) in [6.07, 6.45) is 8.02. The fourth-order valence-corrected chi connectivity index (χ4v) is 3.53. The first-order valence-electron chi connectivity index (χ1n) is 7.75. The molecule has 2 fully saturated rings. The Morgan fingerprint density at radius 2 is 1.74 bits per heavy atom. The van der Waals surface area contributed by atoms with Crippen LogP contribution in [0.2, 0.25) is 0 Å².